The Hall–Kier alpha value is -3.14. The lowest BCUT2D eigenvalue weighted by Gasteiger charge is -2.04. The number of nitrogens with zero attached hydrogens (tertiary/aromatic N) is 1. The number of carbonyl (C=O) groups excluding carboxylic acids is 1. The lowest BCUT2D eigenvalue weighted by Crippen LogP contribution is -2.10. The van der Waals surface area contributed by atoms with Gasteiger partial charge < -0.3 is 9.38 Å². The topological polar surface area (TPSA) is 54.3 Å². The molecule has 0 aliphatic carbocycles. The lowest BCUT2D eigenvalue weighted by atomic mass is 10.1. The summed E-state index contributed by atoms with van der Waals surface area (Å²) in [6.07, 6.45) is 2.71. The molecule has 1 N–H and O–H groups in total. The SMILES string of the molecule is O=Cc1cccc2c1cc1c(=O)[nH]c(-c3ccccc3)cn12. The summed E-state index contributed by atoms with van der Waals surface area (Å²) in [5.41, 5.74) is 3.48. The fourth-order valence-corrected chi connectivity index (χ4v) is 2.80. The van der Waals surface area contributed by atoms with Crippen LogP contribution in [0.5, 0.6) is 0 Å². The van der Waals surface area contributed by atoms with Gasteiger partial charge >= 0.3 is 0 Å². The molecule has 2 aromatic heterocycles. The first kappa shape index (κ1) is 12.6. The third-order valence-corrected chi connectivity index (χ3v) is 3.87. The molecule has 0 amide bonds. The van der Waals surface area contributed by atoms with Gasteiger partial charge in [-0.05, 0) is 17.7 Å². The average Bonchev–Trinajstić information content (AvgIpc) is 2.95. The molecule has 0 aliphatic rings. The summed E-state index contributed by atoms with van der Waals surface area (Å²) < 4.78 is 1.84. The summed E-state index contributed by atoms with van der Waals surface area (Å²) in [6, 6.07) is 16.9. The molecule has 0 unspecified atom stereocenters. The zero-order valence-corrected chi connectivity index (χ0v) is 11.6. The lowest BCUT2D eigenvalue weighted by molar-refractivity contribution is 0.112. The molecule has 4 rings (SSSR count). The summed E-state index contributed by atoms with van der Waals surface area (Å²) >= 11 is 0. The molecule has 0 saturated heterocycles. The van der Waals surface area contributed by atoms with E-state index >= 15 is 0 Å². The number of fused-ring (bicyclic) bond motifs is 3. The Morgan fingerprint density at radius 1 is 0.955 bits per heavy atom. The number of aldehydes is 1. The van der Waals surface area contributed by atoms with Crippen molar-refractivity contribution in [2.75, 3.05) is 0 Å². The van der Waals surface area contributed by atoms with Crippen LogP contribution < -0.4 is 5.56 Å². The largest absolute Gasteiger partial charge is 0.319 e. The molecule has 106 valence electrons. The first-order valence-corrected chi connectivity index (χ1v) is 6.95. The van der Waals surface area contributed by atoms with Crippen molar-refractivity contribution in [1.29, 1.82) is 0 Å². The van der Waals surface area contributed by atoms with E-state index < -0.39 is 0 Å². The van der Waals surface area contributed by atoms with Crippen molar-refractivity contribution in [3.63, 3.8) is 0 Å². The maximum Gasteiger partial charge on any atom is 0.272 e. The highest BCUT2D eigenvalue weighted by atomic mass is 16.1. The van der Waals surface area contributed by atoms with Crippen LogP contribution in [0.4, 0.5) is 0 Å². The van der Waals surface area contributed by atoms with Crippen LogP contribution in [-0.4, -0.2) is 15.7 Å². The van der Waals surface area contributed by atoms with E-state index in [-0.39, 0.29) is 5.56 Å². The molecule has 0 saturated carbocycles. The molecule has 0 radical (unpaired) electrons. The predicted octanol–water partition coefficient (Wildman–Crippen LogP) is 3.26. The number of carbonyl (C=O) groups is 1. The van der Waals surface area contributed by atoms with E-state index in [1.165, 1.54) is 0 Å². The first-order chi connectivity index (χ1) is 10.8. The van der Waals surface area contributed by atoms with Crippen molar-refractivity contribution in [3.8, 4) is 11.3 Å². The third kappa shape index (κ3) is 1.78. The van der Waals surface area contributed by atoms with Crippen LogP contribution in [-0.2, 0) is 0 Å². The zero-order valence-electron chi connectivity index (χ0n) is 11.6. The molecule has 4 nitrogen and oxygen atoms in total. The average molecular weight is 288 g/mol. The minimum absolute atomic E-state index is 0.172. The molecule has 0 atom stereocenters. The molecular formula is C18H12N2O2. The van der Waals surface area contributed by atoms with Gasteiger partial charge in [-0.25, -0.2) is 0 Å². The van der Waals surface area contributed by atoms with Crippen LogP contribution in [0.15, 0.2) is 65.6 Å². The van der Waals surface area contributed by atoms with Crippen LogP contribution >= 0.6 is 0 Å². The summed E-state index contributed by atoms with van der Waals surface area (Å²) in [6.45, 7) is 0. The Morgan fingerprint density at radius 3 is 2.55 bits per heavy atom. The van der Waals surface area contributed by atoms with Gasteiger partial charge in [0, 0.05) is 17.1 Å². The Labute approximate surface area is 125 Å². The fourth-order valence-electron chi connectivity index (χ4n) is 2.80. The predicted molar refractivity (Wildman–Crippen MR) is 86.3 cm³/mol. The smallest absolute Gasteiger partial charge is 0.272 e. The van der Waals surface area contributed by atoms with Gasteiger partial charge in [0.2, 0.25) is 0 Å². The van der Waals surface area contributed by atoms with E-state index in [1.54, 1.807) is 12.1 Å². The van der Waals surface area contributed by atoms with E-state index in [0.717, 1.165) is 28.4 Å². The number of aromatic amines is 1. The third-order valence-electron chi connectivity index (χ3n) is 3.87. The highest BCUT2D eigenvalue weighted by molar-refractivity contribution is 6.00. The van der Waals surface area contributed by atoms with Crippen molar-refractivity contribution >= 4 is 22.7 Å². The van der Waals surface area contributed by atoms with Crippen molar-refractivity contribution in [1.82, 2.24) is 9.38 Å². The van der Waals surface area contributed by atoms with E-state index in [9.17, 15) is 9.59 Å². The van der Waals surface area contributed by atoms with Crippen molar-refractivity contribution < 1.29 is 4.79 Å². The van der Waals surface area contributed by atoms with Crippen LogP contribution in [0.2, 0.25) is 0 Å². The molecule has 4 heteroatoms. The standard InChI is InChI=1S/C18H12N2O2/c21-11-13-7-4-8-16-14(13)9-17-18(22)19-15(10-20(16)17)12-5-2-1-3-6-12/h1-11H,(H,19,22). The zero-order chi connectivity index (χ0) is 15.1. The summed E-state index contributed by atoms with van der Waals surface area (Å²) in [7, 11) is 0. The minimum Gasteiger partial charge on any atom is -0.319 e. The number of rotatable bonds is 2. The Balaban J connectivity index is 2.11. The van der Waals surface area contributed by atoms with Gasteiger partial charge in [-0.15, -0.1) is 0 Å². The van der Waals surface area contributed by atoms with Gasteiger partial charge in [-0.1, -0.05) is 42.5 Å². The number of nitrogens with one attached hydrogen (secondary N) is 1. The summed E-state index contributed by atoms with van der Waals surface area (Å²) in [5, 5.41) is 0.785. The van der Waals surface area contributed by atoms with Gasteiger partial charge in [-0.3, -0.25) is 9.59 Å². The van der Waals surface area contributed by atoms with Gasteiger partial charge in [0.05, 0.1) is 11.2 Å². The number of aromatic nitrogens is 2. The highest BCUT2D eigenvalue weighted by Gasteiger charge is 2.10. The van der Waals surface area contributed by atoms with Crippen molar-refractivity contribution in [3.05, 3.63) is 76.7 Å². The van der Waals surface area contributed by atoms with Crippen LogP contribution in [0.25, 0.3) is 27.7 Å². The quantitative estimate of drug-likeness (QED) is 0.576. The van der Waals surface area contributed by atoms with E-state index in [4.69, 9.17) is 0 Å². The highest BCUT2D eigenvalue weighted by Crippen LogP contribution is 2.23. The molecule has 0 bridgehead atoms. The second kappa shape index (κ2) is 4.70. The maximum atomic E-state index is 12.4. The molecule has 0 spiro atoms. The molecule has 4 aromatic rings. The maximum absolute atomic E-state index is 12.4. The van der Waals surface area contributed by atoms with Gasteiger partial charge in [0.15, 0.2) is 6.29 Å². The number of H-pyrrole nitrogens is 1. The van der Waals surface area contributed by atoms with Crippen LogP contribution in [0.3, 0.4) is 0 Å². The minimum atomic E-state index is -0.172. The number of hydrogen-bond donors (Lipinski definition) is 1. The van der Waals surface area contributed by atoms with Gasteiger partial charge in [-0.2, -0.15) is 0 Å². The second-order valence-electron chi connectivity index (χ2n) is 5.16. The number of benzene rings is 2. The van der Waals surface area contributed by atoms with E-state index in [0.29, 0.717) is 11.1 Å². The van der Waals surface area contributed by atoms with Gasteiger partial charge in [0.1, 0.15) is 5.52 Å². The number of hydrogen-bond acceptors (Lipinski definition) is 2. The monoisotopic (exact) mass is 288 g/mol. The molecule has 0 fully saturated rings. The Morgan fingerprint density at radius 2 is 1.77 bits per heavy atom. The second-order valence-corrected chi connectivity index (χ2v) is 5.16. The molecule has 22 heavy (non-hydrogen) atoms. The molecule has 0 aliphatic heterocycles. The van der Waals surface area contributed by atoms with Gasteiger partial charge in [0.25, 0.3) is 5.56 Å². The molecule has 2 heterocycles. The van der Waals surface area contributed by atoms with E-state index in [2.05, 4.69) is 4.98 Å². The van der Waals surface area contributed by atoms with Crippen LogP contribution in [0.1, 0.15) is 10.4 Å². The van der Waals surface area contributed by atoms with Crippen molar-refractivity contribution in [2.45, 2.75) is 0 Å². The van der Waals surface area contributed by atoms with Crippen LogP contribution in [0, 0.1) is 0 Å². The fraction of sp³-hybridized carbons (Fsp3) is 0. The van der Waals surface area contributed by atoms with E-state index in [1.807, 2.05) is 53.1 Å². The van der Waals surface area contributed by atoms with Crippen molar-refractivity contribution in [2.24, 2.45) is 0 Å². The Bertz CT molecular complexity index is 1060. The summed E-state index contributed by atoms with van der Waals surface area (Å²) in [4.78, 5) is 26.5. The first-order valence-electron chi connectivity index (χ1n) is 6.95. The normalized spacial score (nSPS) is 11.1. The Kier molecular flexibility index (Phi) is 2.69. The molecular weight excluding hydrogens is 276 g/mol. The summed E-state index contributed by atoms with van der Waals surface area (Å²) in [5.74, 6) is 0. The molecule has 2 aromatic carbocycles.